The van der Waals surface area contributed by atoms with Crippen LogP contribution in [0.3, 0.4) is 0 Å². The van der Waals surface area contributed by atoms with Gasteiger partial charge in [-0.3, -0.25) is 4.99 Å². The molecule has 1 nitrogen and oxygen atoms in total. The maximum absolute atomic E-state index is 4.20. The van der Waals surface area contributed by atoms with Gasteiger partial charge in [0, 0.05) is 18.7 Å². The molecule has 72 valence electrons. The van der Waals surface area contributed by atoms with Gasteiger partial charge in [0.25, 0.3) is 0 Å². The minimum absolute atomic E-state index is 0.260. The van der Waals surface area contributed by atoms with E-state index in [9.17, 15) is 0 Å². The summed E-state index contributed by atoms with van der Waals surface area (Å²) in [5, 5.41) is 0. The molecule has 0 radical (unpaired) electrons. The van der Waals surface area contributed by atoms with Crippen LogP contribution in [0.1, 0.15) is 27.2 Å². The fourth-order valence-corrected chi connectivity index (χ4v) is 3.41. The SMILES string of the molecule is CN=CC1(C)C=C(C)C2C(C)CC21. The first-order valence-corrected chi connectivity index (χ1v) is 5.21. The zero-order chi connectivity index (χ0) is 9.64. The van der Waals surface area contributed by atoms with Crippen molar-refractivity contribution in [2.24, 2.45) is 28.2 Å². The summed E-state index contributed by atoms with van der Waals surface area (Å²) in [6, 6.07) is 0. The molecule has 0 aromatic rings. The van der Waals surface area contributed by atoms with Gasteiger partial charge in [0.1, 0.15) is 0 Å². The Balaban J connectivity index is 2.27. The van der Waals surface area contributed by atoms with Gasteiger partial charge in [0.2, 0.25) is 0 Å². The van der Waals surface area contributed by atoms with Gasteiger partial charge in [-0.2, -0.15) is 0 Å². The number of hydrogen-bond donors (Lipinski definition) is 0. The lowest BCUT2D eigenvalue weighted by Gasteiger charge is -2.45. The predicted octanol–water partition coefficient (Wildman–Crippen LogP) is 2.93. The van der Waals surface area contributed by atoms with E-state index in [0.717, 1.165) is 17.8 Å². The number of rotatable bonds is 1. The highest BCUT2D eigenvalue weighted by molar-refractivity contribution is 5.70. The molecule has 0 saturated heterocycles. The van der Waals surface area contributed by atoms with Crippen LogP contribution in [0.5, 0.6) is 0 Å². The molecule has 2 rings (SSSR count). The number of allylic oxidation sites excluding steroid dienone is 2. The molecule has 0 aliphatic heterocycles. The highest BCUT2D eigenvalue weighted by atomic mass is 14.7. The highest BCUT2D eigenvalue weighted by Gasteiger charge is 2.51. The van der Waals surface area contributed by atoms with E-state index in [2.05, 4.69) is 38.1 Å². The van der Waals surface area contributed by atoms with Gasteiger partial charge in [-0.05, 0) is 31.1 Å². The van der Waals surface area contributed by atoms with Gasteiger partial charge in [-0.1, -0.05) is 25.5 Å². The second kappa shape index (κ2) is 2.70. The third kappa shape index (κ3) is 1.09. The van der Waals surface area contributed by atoms with Crippen LogP contribution in [-0.2, 0) is 0 Å². The second-order valence-electron chi connectivity index (χ2n) is 4.99. The van der Waals surface area contributed by atoms with Crippen molar-refractivity contribution in [3.63, 3.8) is 0 Å². The zero-order valence-corrected chi connectivity index (χ0v) is 9.04. The van der Waals surface area contributed by atoms with Crippen LogP contribution in [0, 0.1) is 23.2 Å². The Bertz CT molecular complexity index is 277. The van der Waals surface area contributed by atoms with E-state index >= 15 is 0 Å². The lowest BCUT2D eigenvalue weighted by molar-refractivity contribution is 0.0865. The Hall–Kier alpha value is -0.590. The molecule has 0 amide bonds. The standard InChI is InChI=1S/C12H19N/c1-8-5-10-11(8)9(2)6-12(10,3)7-13-4/h6-8,10-11H,5H2,1-4H3. The van der Waals surface area contributed by atoms with Crippen molar-refractivity contribution in [2.45, 2.75) is 27.2 Å². The summed E-state index contributed by atoms with van der Waals surface area (Å²) in [4.78, 5) is 4.20. The molecule has 0 aromatic carbocycles. The molecule has 13 heavy (non-hydrogen) atoms. The molecule has 0 heterocycles. The van der Waals surface area contributed by atoms with Crippen molar-refractivity contribution in [1.82, 2.24) is 0 Å². The Labute approximate surface area is 80.9 Å². The van der Waals surface area contributed by atoms with Crippen molar-refractivity contribution < 1.29 is 0 Å². The number of hydrogen-bond acceptors (Lipinski definition) is 1. The van der Waals surface area contributed by atoms with Gasteiger partial charge >= 0.3 is 0 Å². The van der Waals surface area contributed by atoms with E-state index < -0.39 is 0 Å². The van der Waals surface area contributed by atoms with Crippen molar-refractivity contribution in [2.75, 3.05) is 7.05 Å². The van der Waals surface area contributed by atoms with E-state index in [1.165, 1.54) is 6.42 Å². The van der Waals surface area contributed by atoms with Crippen molar-refractivity contribution in [3.8, 4) is 0 Å². The van der Waals surface area contributed by atoms with E-state index in [-0.39, 0.29) is 5.41 Å². The maximum atomic E-state index is 4.20. The normalized spacial score (nSPS) is 48.9. The maximum Gasteiger partial charge on any atom is 0.0273 e. The minimum Gasteiger partial charge on any atom is -0.300 e. The Kier molecular flexibility index (Phi) is 1.86. The number of aliphatic imine (C=N–C) groups is 1. The average Bonchev–Trinajstić information content (AvgIpc) is 2.17. The summed E-state index contributed by atoms with van der Waals surface area (Å²) in [5.74, 6) is 2.59. The summed E-state index contributed by atoms with van der Waals surface area (Å²) >= 11 is 0. The molecule has 0 bridgehead atoms. The number of fused-ring (bicyclic) bond motifs is 1. The molecular formula is C12H19N. The fourth-order valence-electron chi connectivity index (χ4n) is 3.41. The molecule has 0 N–H and O–H groups in total. The molecule has 4 atom stereocenters. The van der Waals surface area contributed by atoms with Crippen LogP contribution in [0.2, 0.25) is 0 Å². The van der Waals surface area contributed by atoms with Gasteiger partial charge < -0.3 is 0 Å². The molecule has 1 saturated carbocycles. The molecule has 0 spiro atoms. The van der Waals surface area contributed by atoms with Crippen molar-refractivity contribution in [1.29, 1.82) is 0 Å². The van der Waals surface area contributed by atoms with E-state index in [1.807, 2.05) is 7.05 Å². The monoisotopic (exact) mass is 177 g/mol. The third-order valence-corrected chi connectivity index (χ3v) is 3.94. The smallest absolute Gasteiger partial charge is 0.0273 e. The molecule has 4 unspecified atom stereocenters. The fraction of sp³-hybridized carbons (Fsp3) is 0.750. The highest BCUT2D eigenvalue weighted by Crippen LogP contribution is 2.58. The summed E-state index contributed by atoms with van der Waals surface area (Å²) in [6.07, 6.45) is 5.94. The molecular weight excluding hydrogens is 158 g/mol. The van der Waals surface area contributed by atoms with Crippen molar-refractivity contribution >= 4 is 6.21 Å². The van der Waals surface area contributed by atoms with E-state index in [1.54, 1.807) is 5.57 Å². The largest absolute Gasteiger partial charge is 0.300 e. The lowest BCUT2D eigenvalue weighted by Crippen LogP contribution is -2.40. The molecule has 1 fully saturated rings. The van der Waals surface area contributed by atoms with E-state index in [0.29, 0.717) is 0 Å². The molecule has 1 heteroatoms. The Morgan fingerprint density at radius 2 is 2.31 bits per heavy atom. The van der Waals surface area contributed by atoms with Crippen LogP contribution in [0.15, 0.2) is 16.6 Å². The quantitative estimate of drug-likeness (QED) is 0.431. The second-order valence-corrected chi connectivity index (χ2v) is 4.99. The summed E-state index contributed by atoms with van der Waals surface area (Å²) in [7, 11) is 1.88. The predicted molar refractivity (Wildman–Crippen MR) is 57.0 cm³/mol. The van der Waals surface area contributed by atoms with Crippen LogP contribution in [0.25, 0.3) is 0 Å². The Morgan fingerprint density at radius 1 is 1.62 bits per heavy atom. The zero-order valence-electron chi connectivity index (χ0n) is 9.04. The minimum atomic E-state index is 0.260. The first-order valence-electron chi connectivity index (χ1n) is 5.21. The Morgan fingerprint density at radius 3 is 2.77 bits per heavy atom. The first kappa shape index (κ1) is 8.98. The van der Waals surface area contributed by atoms with Crippen LogP contribution in [-0.4, -0.2) is 13.3 Å². The van der Waals surface area contributed by atoms with Gasteiger partial charge in [-0.15, -0.1) is 0 Å². The van der Waals surface area contributed by atoms with Gasteiger partial charge in [0.15, 0.2) is 0 Å². The van der Waals surface area contributed by atoms with E-state index in [4.69, 9.17) is 0 Å². The van der Waals surface area contributed by atoms with Crippen LogP contribution < -0.4 is 0 Å². The average molecular weight is 177 g/mol. The topological polar surface area (TPSA) is 12.4 Å². The van der Waals surface area contributed by atoms with Gasteiger partial charge in [0.05, 0.1) is 0 Å². The van der Waals surface area contributed by atoms with Gasteiger partial charge in [-0.25, -0.2) is 0 Å². The van der Waals surface area contributed by atoms with Crippen molar-refractivity contribution in [3.05, 3.63) is 11.6 Å². The third-order valence-electron chi connectivity index (χ3n) is 3.94. The summed E-state index contributed by atoms with van der Waals surface area (Å²) < 4.78 is 0. The molecule has 0 aromatic heterocycles. The molecule has 2 aliphatic carbocycles. The van der Waals surface area contributed by atoms with Crippen LogP contribution >= 0.6 is 0 Å². The van der Waals surface area contributed by atoms with Crippen LogP contribution in [0.4, 0.5) is 0 Å². The first-order chi connectivity index (χ1) is 6.08. The molecule has 2 aliphatic rings. The lowest BCUT2D eigenvalue weighted by atomic mass is 9.59. The number of nitrogens with zero attached hydrogens (tertiary/aromatic N) is 1. The summed E-state index contributed by atoms with van der Waals surface area (Å²) in [6.45, 7) is 6.97. The summed E-state index contributed by atoms with van der Waals surface area (Å²) in [5.41, 5.74) is 1.85.